The molecule has 7 heteroatoms. The van der Waals surface area contributed by atoms with Crippen LogP contribution in [0, 0.1) is 34.5 Å². The van der Waals surface area contributed by atoms with Crippen molar-refractivity contribution in [3.05, 3.63) is 66.0 Å². The van der Waals surface area contributed by atoms with Crippen molar-refractivity contribution in [1.29, 1.82) is 10.5 Å². The highest BCUT2D eigenvalue weighted by molar-refractivity contribution is 6.00. The average Bonchev–Trinajstić information content (AvgIpc) is 2.80. The number of unbranched alkanes of at least 4 members (excludes halogenated alkanes) is 1. The summed E-state index contributed by atoms with van der Waals surface area (Å²) >= 11 is 0. The third-order valence-corrected chi connectivity index (χ3v) is 4.88. The minimum absolute atomic E-state index is 0.109. The van der Waals surface area contributed by atoms with Gasteiger partial charge in [-0.05, 0) is 54.5 Å². The van der Waals surface area contributed by atoms with Gasteiger partial charge in [0.25, 0.3) is 0 Å². The first-order valence-corrected chi connectivity index (χ1v) is 11.0. The Morgan fingerprint density at radius 2 is 1.97 bits per heavy atom. The van der Waals surface area contributed by atoms with Gasteiger partial charge in [-0.1, -0.05) is 38.1 Å². The molecule has 0 amide bonds. The molecule has 0 saturated carbocycles. The highest BCUT2D eigenvalue weighted by Crippen LogP contribution is 2.26. The third-order valence-electron chi connectivity index (χ3n) is 4.88. The largest absolute Gasteiger partial charge is 0.481 e. The van der Waals surface area contributed by atoms with Gasteiger partial charge in [0, 0.05) is 36.6 Å². The maximum atomic E-state index is 10.9. The summed E-state index contributed by atoms with van der Waals surface area (Å²) in [5, 5.41) is 30.8. The molecule has 33 heavy (non-hydrogen) atoms. The molecule has 0 unspecified atom stereocenters. The number of anilines is 1. The highest BCUT2D eigenvalue weighted by atomic mass is 16.4. The van der Waals surface area contributed by atoms with Crippen molar-refractivity contribution in [3.63, 3.8) is 0 Å². The number of carboxylic acid groups (broad SMARTS) is 1. The van der Waals surface area contributed by atoms with E-state index in [4.69, 9.17) is 5.11 Å². The minimum Gasteiger partial charge on any atom is -0.481 e. The molecule has 0 spiro atoms. The summed E-state index contributed by atoms with van der Waals surface area (Å²) in [6.45, 7) is 4.73. The zero-order valence-corrected chi connectivity index (χ0v) is 19.0. The molecule has 170 valence electrons. The quantitative estimate of drug-likeness (QED) is 0.276. The molecule has 2 aromatic rings. The number of aliphatic imine (C=N–C) groups is 1. The lowest BCUT2D eigenvalue weighted by Gasteiger charge is -2.14. The summed E-state index contributed by atoms with van der Waals surface area (Å²) in [6, 6.07) is 15.4. The van der Waals surface area contributed by atoms with E-state index in [1.165, 1.54) is 0 Å². The molecule has 0 bridgehead atoms. The third kappa shape index (κ3) is 8.59. The number of benzene rings is 1. The number of aliphatic carboxylic acids is 1. The summed E-state index contributed by atoms with van der Waals surface area (Å²) in [5.41, 5.74) is 3.48. The molecule has 0 aliphatic rings. The maximum absolute atomic E-state index is 10.9. The van der Waals surface area contributed by atoms with Crippen LogP contribution in [0.3, 0.4) is 0 Å². The second-order valence-electron chi connectivity index (χ2n) is 7.99. The number of rotatable bonds is 11. The second-order valence-corrected chi connectivity index (χ2v) is 7.99. The number of nitrogens with zero attached hydrogens (tertiary/aromatic N) is 4. The number of carboxylic acids is 1. The fraction of sp³-hybridized carbons (Fsp3) is 0.346. The molecule has 0 fully saturated rings. The first kappa shape index (κ1) is 25.3. The van der Waals surface area contributed by atoms with Gasteiger partial charge in [0.1, 0.15) is 5.84 Å². The summed E-state index contributed by atoms with van der Waals surface area (Å²) in [4.78, 5) is 19.6. The standard InChI is InChI=1S/C26H29N5O2/c1-19(2)12-14-30-26(22(16-27)17-28)31-23-9-5-7-20(15-23)24(10-3-4-11-25(32)33)21-8-6-13-29-18-21/h5-10,13,15,18-19,22H,3-4,11-12,14H2,1-2H3,(H,30,31)(H,32,33). The van der Waals surface area contributed by atoms with E-state index >= 15 is 0 Å². The molecular weight excluding hydrogens is 414 g/mol. The number of hydrogen-bond acceptors (Lipinski definition) is 5. The van der Waals surface area contributed by atoms with Gasteiger partial charge in [-0.3, -0.25) is 14.8 Å². The minimum atomic E-state index is -0.981. The van der Waals surface area contributed by atoms with Crippen LogP contribution in [0.2, 0.25) is 0 Å². The van der Waals surface area contributed by atoms with Gasteiger partial charge in [-0.15, -0.1) is 0 Å². The predicted molar refractivity (Wildman–Crippen MR) is 129 cm³/mol. The molecule has 2 N–H and O–H groups in total. The molecule has 0 atom stereocenters. The van der Waals surface area contributed by atoms with Gasteiger partial charge < -0.3 is 10.4 Å². The fourth-order valence-electron chi connectivity index (χ4n) is 3.13. The van der Waals surface area contributed by atoms with Crippen LogP contribution < -0.4 is 5.32 Å². The van der Waals surface area contributed by atoms with Crippen LogP contribution in [0.15, 0.2) is 59.9 Å². The van der Waals surface area contributed by atoms with Crippen molar-refractivity contribution >= 4 is 23.1 Å². The molecule has 2 rings (SSSR count). The molecule has 7 nitrogen and oxygen atoms in total. The van der Waals surface area contributed by atoms with E-state index in [9.17, 15) is 15.3 Å². The first-order valence-electron chi connectivity index (χ1n) is 11.0. The highest BCUT2D eigenvalue weighted by Gasteiger charge is 2.16. The zero-order chi connectivity index (χ0) is 24.1. The molecule has 0 aliphatic heterocycles. The van der Waals surface area contributed by atoms with Crippen molar-refractivity contribution < 1.29 is 9.90 Å². The van der Waals surface area contributed by atoms with E-state index < -0.39 is 11.9 Å². The first-order chi connectivity index (χ1) is 15.9. The van der Waals surface area contributed by atoms with Crippen LogP contribution in [-0.2, 0) is 4.79 Å². The zero-order valence-electron chi connectivity index (χ0n) is 19.0. The van der Waals surface area contributed by atoms with E-state index in [0.717, 1.165) is 23.1 Å². The van der Waals surface area contributed by atoms with Crippen molar-refractivity contribution in [2.45, 2.75) is 39.5 Å². The summed E-state index contributed by atoms with van der Waals surface area (Å²) in [6.07, 6.45) is 7.61. The smallest absolute Gasteiger partial charge is 0.303 e. The van der Waals surface area contributed by atoms with E-state index in [2.05, 4.69) is 29.1 Å². The van der Waals surface area contributed by atoms with Crippen LogP contribution in [0.5, 0.6) is 0 Å². The fourth-order valence-corrected chi connectivity index (χ4v) is 3.13. The SMILES string of the molecule is CC(C)CCN=C(Nc1cccc(C(=CCCCC(=O)O)c2cccnc2)c1)C(C#N)C#N. The van der Waals surface area contributed by atoms with Gasteiger partial charge in [-0.2, -0.15) is 10.5 Å². The number of allylic oxidation sites excluding steroid dienone is 1. The predicted octanol–water partition coefficient (Wildman–Crippen LogP) is 5.29. The topological polar surface area (TPSA) is 122 Å². The number of carbonyl (C=O) groups is 1. The Balaban J connectivity index is 2.34. The number of nitriles is 2. The van der Waals surface area contributed by atoms with Crippen molar-refractivity contribution in [2.75, 3.05) is 11.9 Å². The Morgan fingerprint density at radius 3 is 2.61 bits per heavy atom. The molecule has 1 aromatic heterocycles. The molecule has 1 aromatic carbocycles. The lowest BCUT2D eigenvalue weighted by Crippen LogP contribution is -2.21. The summed E-state index contributed by atoms with van der Waals surface area (Å²) in [5.74, 6) is -0.989. The maximum Gasteiger partial charge on any atom is 0.303 e. The Morgan fingerprint density at radius 1 is 1.21 bits per heavy atom. The van der Waals surface area contributed by atoms with Crippen LogP contribution in [0.1, 0.15) is 50.7 Å². The molecular formula is C26H29N5O2. The normalized spacial score (nSPS) is 11.8. The Hall–Kier alpha value is -3.97. The van der Waals surface area contributed by atoms with Gasteiger partial charge in [0.05, 0.1) is 12.1 Å². The van der Waals surface area contributed by atoms with Gasteiger partial charge in [0.2, 0.25) is 0 Å². The molecule has 0 aliphatic carbocycles. The van der Waals surface area contributed by atoms with Crippen LogP contribution in [0.25, 0.3) is 5.57 Å². The molecule has 0 saturated heterocycles. The Labute approximate surface area is 195 Å². The van der Waals surface area contributed by atoms with Crippen LogP contribution >= 0.6 is 0 Å². The van der Waals surface area contributed by atoms with Crippen LogP contribution in [-0.4, -0.2) is 28.4 Å². The summed E-state index contributed by atoms with van der Waals surface area (Å²) < 4.78 is 0. The number of aromatic nitrogens is 1. The van der Waals surface area contributed by atoms with Gasteiger partial charge in [-0.25, -0.2) is 0 Å². The Bertz CT molecular complexity index is 1050. The number of amidine groups is 1. The van der Waals surface area contributed by atoms with Crippen molar-refractivity contribution in [2.24, 2.45) is 16.8 Å². The summed E-state index contributed by atoms with van der Waals surface area (Å²) in [7, 11) is 0. The lowest BCUT2D eigenvalue weighted by atomic mass is 9.97. The number of pyridine rings is 1. The molecule has 1 heterocycles. The average molecular weight is 444 g/mol. The number of nitrogens with one attached hydrogen (secondary N) is 1. The Kier molecular flexibility index (Phi) is 10.3. The van der Waals surface area contributed by atoms with Crippen molar-refractivity contribution in [3.8, 4) is 12.1 Å². The van der Waals surface area contributed by atoms with Gasteiger partial charge in [0.15, 0.2) is 5.92 Å². The van der Waals surface area contributed by atoms with Crippen molar-refractivity contribution in [1.82, 2.24) is 4.98 Å². The monoisotopic (exact) mass is 443 g/mol. The lowest BCUT2D eigenvalue weighted by molar-refractivity contribution is -0.137. The van der Waals surface area contributed by atoms with Gasteiger partial charge >= 0.3 is 5.97 Å². The number of hydrogen-bond donors (Lipinski definition) is 2. The van der Waals surface area contributed by atoms with E-state index in [1.54, 1.807) is 12.4 Å². The molecule has 0 radical (unpaired) electrons. The van der Waals surface area contributed by atoms with E-state index in [0.29, 0.717) is 36.8 Å². The van der Waals surface area contributed by atoms with E-state index in [1.807, 2.05) is 54.6 Å². The second kappa shape index (κ2) is 13.4. The van der Waals surface area contributed by atoms with Crippen LogP contribution in [0.4, 0.5) is 5.69 Å². The van der Waals surface area contributed by atoms with E-state index in [-0.39, 0.29) is 6.42 Å².